The van der Waals surface area contributed by atoms with Crippen molar-refractivity contribution in [2.45, 2.75) is 30.7 Å². The normalized spacial score (nSPS) is 16.0. The maximum atomic E-state index is 12.0. The minimum atomic E-state index is -3.56. The summed E-state index contributed by atoms with van der Waals surface area (Å²) in [6, 6.07) is 0. The van der Waals surface area contributed by atoms with Gasteiger partial charge in [0.05, 0.1) is 0 Å². The van der Waals surface area contributed by atoms with Crippen LogP contribution in [0.25, 0.3) is 0 Å². The maximum absolute atomic E-state index is 12.0. The number of hydrogen-bond donors (Lipinski definition) is 1. The molecule has 1 heterocycles. The number of aromatic nitrogens is 3. The molecule has 1 aliphatic rings. The number of sulfonamides is 1. The molecule has 0 radical (unpaired) electrons. The lowest BCUT2D eigenvalue weighted by Gasteiger charge is -2.07. The Morgan fingerprint density at radius 1 is 1.56 bits per heavy atom. The van der Waals surface area contributed by atoms with Gasteiger partial charge in [0.25, 0.3) is 10.0 Å². The van der Waals surface area contributed by atoms with Gasteiger partial charge in [0.15, 0.2) is 4.60 Å². The van der Waals surface area contributed by atoms with Gasteiger partial charge in [-0.05, 0) is 41.6 Å². The molecule has 0 aromatic carbocycles. The summed E-state index contributed by atoms with van der Waals surface area (Å²) in [5.41, 5.74) is 1.33. The van der Waals surface area contributed by atoms with Crippen LogP contribution in [0.3, 0.4) is 0 Å². The van der Waals surface area contributed by atoms with E-state index in [0.717, 1.165) is 19.3 Å². The third kappa shape index (κ3) is 2.99. The first-order valence-corrected chi connectivity index (χ1v) is 8.01. The van der Waals surface area contributed by atoms with Gasteiger partial charge in [-0.2, -0.15) is 0 Å². The molecule has 0 aliphatic heterocycles. The summed E-state index contributed by atoms with van der Waals surface area (Å²) in [5.74, 6) is 0. The zero-order valence-corrected chi connectivity index (χ0v) is 12.5. The summed E-state index contributed by atoms with van der Waals surface area (Å²) in [6.45, 7) is 0.409. The molecule has 6 nitrogen and oxygen atoms in total. The van der Waals surface area contributed by atoms with Crippen LogP contribution in [0.15, 0.2) is 21.3 Å². The van der Waals surface area contributed by atoms with Gasteiger partial charge in [-0.3, -0.25) is 0 Å². The van der Waals surface area contributed by atoms with Gasteiger partial charge in [0, 0.05) is 13.6 Å². The summed E-state index contributed by atoms with van der Waals surface area (Å²) >= 11 is 3.09. The molecule has 0 spiro atoms. The highest BCUT2D eigenvalue weighted by atomic mass is 79.9. The van der Waals surface area contributed by atoms with E-state index < -0.39 is 10.0 Å². The van der Waals surface area contributed by atoms with Gasteiger partial charge < -0.3 is 0 Å². The number of aryl methyl sites for hydroxylation is 1. The summed E-state index contributed by atoms with van der Waals surface area (Å²) < 4.78 is 28.1. The summed E-state index contributed by atoms with van der Waals surface area (Å²) in [4.78, 5) is 0. The fraction of sp³-hybridized carbons (Fsp3) is 0.600. The minimum Gasteiger partial charge on any atom is -0.235 e. The van der Waals surface area contributed by atoms with Crippen molar-refractivity contribution in [1.29, 1.82) is 0 Å². The van der Waals surface area contributed by atoms with Gasteiger partial charge in [0.2, 0.25) is 5.03 Å². The monoisotopic (exact) mass is 334 g/mol. The Kier molecular flexibility index (Phi) is 4.18. The number of nitrogens with one attached hydrogen (secondary N) is 1. The second-order valence-corrected chi connectivity index (χ2v) is 6.64. The Morgan fingerprint density at radius 3 is 2.89 bits per heavy atom. The zero-order chi connectivity index (χ0) is 13.2. The van der Waals surface area contributed by atoms with Crippen molar-refractivity contribution in [2.75, 3.05) is 6.54 Å². The SMILES string of the molecule is Cn1nnc(Br)c1S(=O)(=O)NCCC1=CCCC1. The van der Waals surface area contributed by atoms with Gasteiger partial charge in [-0.1, -0.05) is 16.9 Å². The second kappa shape index (κ2) is 5.50. The predicted octanol–water partition coefficient (Wildman–Crippen LogP) is 1.36. The Labute approximate surface area is 115 Å². The third-order valence-corrected chi connectivity index (χ3v) is 5.21. The Hall–Kier alpha value is -0.730. The predicted molar refractivity (Wildman–Crippen MR) is 70.4 cm³/mol. The molecule has 8 heteroatoms. The Morgan fingerprint density at radius 2 is 2.33 bits per heavy atom. The van der Waals surface area contributed by atoms with E-state index >= 15 is 0 Å². The summed E-state index contributed by atoms with van der Waals surface area (Å²) in [5, 5.41) is 7.38. The van der Waals surface area contributed by atoms with Crippen LogP contribution in [0.5, 0.6) is 0 Å². The lowest BCUT2D eigenvalue weighted by atomic mass is 10.2. The largest absolute Gasteiger partial charge is 0.260 e. The van der Waals surface area contributed by atoms with Gasteiger partial charge in [-0.25, -0.2) is 17.8 Å². The van der Waals surface area contributed by atoms with E-state index in [-0.39, 0.29) is 9.63 Å². The number of rotatable bonds is 5. The van der Waals surface area contributed by atoms with Crippen molar-refractivity contribution in [3.63, 3.8) is 0 Å². The first-order valence-electron chi connectivity index (χ1n) is 5.73. The molecule has 2 rings (SSSR count). The molecule has 0 bridgehead atoms. The first kappa shape index (κ1) is 13.7. The number of nitrogens with zero attached hydrogens (tertiary/aromatic N) is 3. The van der Waals surface area contributed by atoms with Crippen molar-refractivity contribution in [3.8, 4) is 0 Å². The molecule has 0 unspecified atom stereocenters. The molecule has 0 saturated heterocycles. The van der Waals surface area contributed by atoms with Crippen molar-refractivity contribution in [2.24, 2.45) is 7.05 Å². The lowest BCUT2D eigenvalue weighted by molar-refractivity contribution is 0.560. The molecule has 1 aromatic heterocycles. The van der Waals surface area contributed by atoms with Crippen molar-refractivity contribution in [1.82, 2.24) is 19.7 Å². The molecular formula is C10H15BrN4O2S. The molecule has 0 amide bonds. The van der Waals surface area contributed by atoms with E-state index in [4.69, 9.17) is 0 Å². The Bertz CT molecular complexity index is 545. The van der Waals surface area contributed by atoms with Crippen molar-refractivity contribution < 1.29 is 8.42 Å². The molecule has 100 valence electrons. The molecule has 0 atom stereocenters. The smallest absolute Gasteiger partial charge is 0.235 e. The number of halogens is 1. The van der Waals surface area contributed by atoms with Crippen LogP contribution in [-0.2, 0) is 17.1 Å². The van der Waals surface area contributed by atoms with Crippen LogP contribution in [0.2, 0.25) is 0 Å². The first-order chi connectivity index (χ1) is 8.50. The van der Waals surface area contributed by atoms with E-state index in [0.29, 0.717) is 6.54 Å². The molecule has 1 aliphatic carbocycles. The minimum absolute atomic E-state index is 0.0582. The van der Waals surface area contributed by atoms with Crippen LogP contribution in [0.1, 0.15) is 25.7 Å². The molecular weight excluding hydrogens is 320 g/mol. The summed E-state index contributed by atoms with van der Waals surface area (Å²) in [7, 11) is -2.01. The van der Waals surface area contributed by atoms with E-state index in [1.54, 1.807) is 7.05 Å². The van der Waals surface area contributed by atoms with Crippen LogP contribution < -0.4 is 4.72 Å². The molecule has 18 heavy (non-hydrogen) atoms. The van der Waals surface area contributed by atoms with Gasteiger partial charge >= 0.3 is 0 Å². The van der Waals surface area contributed by atoms with Crippen molar-refractivity contribution in [3.05, 3.63) is 16.3 Å². The number of allylic oxidation sites excluding steroid dienone is 1. The highest BCUT2D eigenvalue weighted by Crippen LogP contribution is 2.21. The Balaban J connectivity index is 1.99. The van der Waals surface area contributed by atoms with E-state index in [1.165, 1.54) is 16.7 Å². The standard InChI is InChI=1S/C10H15BrN4O2S/c1-15-10(9(11)13-14-15)18(16,17)12-7-6-8-4-2-3-5-8/h4,12H,2-3,5-7H2,1H3. The molecule has 0 saturated carbocycles. The van der Waals surface area contributed by atoms with E-state index in [2.05, 4.69) is 37.0 Å². The van der Waals surface area contributed by atoms with Crippen LogP contribution in [0, 0.1) is 0 Å². The zero-order valence-electron chi connectivity index (χ0n) is 10.1. The fourth-order valence-electron chi connectivity index (χ4n) is 1.99. The summed E-state index contributed by atoms with van der Waals surface area (Å²) in [6.07, 6.45) is 6.33. The quantitative estimate of drug-likeness (QED) is 0.824. The average molecular weight is 335 g/mol. The average Bonchev–Trinajstić information content (AvgIpc) is 2.89. The van der Waals surface area contributed by atoms with Crippen molar-refractivity contribution >= 4 is 26.0 Å². The van der Waals surface area contributed by atoms with E-state index in [1.807, 2.05) is 0 Å². The van der Waals surface area contributed by atoms with E-state index in [9.17, 15) is 8.42 Å². The van der Waals surface area contributed by atoms with Gasteiger partial charge in [0.1, 0.15) is 0 Å². The van der Waals surface area contributed by atoms with Crippen LogP contribution >= 0.6 is 15.9 Å². The van der Waals surface area contributed by atoms with Gasteiger partial charge in [-0.15, -0.1) is 5.10 Å². The molecule has 1 aromatic rings. The number of hydrogen-bond acceptors (Lipinski definition) is 4. The topological polar surface area (TPSA) is 76.9 Å². The van der Waals surface area contributed by atoms with Crippen LogP contribution in [0.4, 0.5) is 0 Å². The maximum Gasteiger partial charge on any atom is 0.260 e. The highest BCUT2D eigenvalue weighted by molar-refractivity contribution is 9.10. The second-order valence-electron chi connectivity index (χ2n) is 4.21. The highest BCUT2D eigenvalue weighted by Gasteiger charge is 2.23. The lowest BCUT2D eigenvalue weighted by Crippen LogP contribution is -2.27. The van der Waals surface area contributed by atoms with Crippen LogP contribution in [-0.4, -0.2) is 30.0 Å². The molecule has 1 N–H and O–H groups in total. The fourth-order valence-corrected chi connectivity index (χ4v) is 4.11. The third-order valence-electron chi connectivity index (χ3n) is 2.86. The molecule has 0 fully saturated rings.